The van der Waals surface area contributed by atoms with Crippen LogP contribution in [0.25, 0.3) is 11.1 Å². The average molecular weight is 385 g/mol. The van der Waals surface area contributed by atoms with Gasteiger partial charge in [0.25, 0.3) is 0 Å². The number of anilines is 1. The van der Waals surface area contributed by atoms with Gasteiger partial charge in [0.05, 0.1) is 12.3 Å². The zero-order chi connectivity index (χ0) is 18.8. The normalized spacial score (nSPS) is 24.6. The molecule has 27 heavy (non-hydrogen) atoms. The second-order valence-electron chi connectivity index (χ2n) is 7.67. The van der Waals surface area contributed by atoms with Gasteiger partial charge in [-0.05, 0) is 62.4 Å². The molecule has 2 heterocycles. The number of ether oxygens (including phenoxy) is 1. The van der Waals surface area contributed by atoms with E-state index in [2.05, 4.69) is 17.3 Å². The number of nitrogens with zero attached hydrogens (tertiary/aromatic N) is 1. The van der Waals surface area contributed by atoms with E-state index in [0.29, 0.717) is 29.6 Å². The highest BCUT2D eigenvalue weighted by Gasteiger charge is 2.38. The Kier molecular flexibility index (Phi) is 5.37. The molecule has 0 aliphatic carbocycles. The number of piperidine rings is 1. The molecule has 4 nitrogen and oxygen atoms in total. The first kappa shape index (κ1) is 18.3. The predicted octanol–water partition coefficient (Wildman–Crippen LogP) is 5.43. The van der Waals surface area contributed by atoms with Crippen molar-refractivity contribution >= 4 is 23.4 Å². The lowest BCUT2D eigenvalue weighted by atomic mass is 9.92. The van der Waals surface area contributed by atoms with Crippen LogP contribution in [-0.2, 0) is 4.74 Å². The molecule has 2 aromatic rings. The fraction of sp³-hybridized carbons (Fsp3) is 0.409. The molecule has 1 amide bonds. The molecule has 0 saturated carbocycles. The van der Waals surface area contributed by atoms with Crippen LogP contribution in [0.5, 0.6) is 0 Å². The Morgan fingerprint density at radius 2 is 1.89 bits per heavy atom. The summed E-state index contributed by atoms with van der Waals surface area (Å²) in [5.74, 6) is 0.465. The van der Waals surface area contributed by atoms with E-state index in [-0.39, 0.29) is 0 Å². The number of fused-ring (bicyclic) bond motifs is 2. The van der Waals surface area contributed by atoms with Crippen LogP contribution in [0.3, 0.4) is 0 Å². The maximum absolute atomic E-state index is 12.4. The van der Waals surface area contributed by atoms with Crippen LogP contribution in [0.15, 0.2) is 48.5 Å². The molecule has 2 saturated heterocycles. The number of rotatable bonds is 4. The topological polar surface area (TPSA) is 41.6 Å². The number of para-hydroxylation sites is 1. The molecule has 4 rings (SSSR count). The number of hydrogen-bond donors (Lipinski definition) is 1. The Bertz CT molecular complexity index is 811. The van der Waals surface area contributed by atoms with Crippen molar-refractivity contribution in [2.24, 2.45) is 5.92 Å². The lowest BCUT2D eigenvalue weighted by molar-refractivity contribution is 0.0801. The molecule has 2 atom stereocenters. The minimum absolute atomic E-state index is 0.393. The molecule has 1 N–H and O–H groups in total. The quantitative estimate of drug-likeness (QED) is 0.764. The molecular formula is C22H25ClN2O2. The first-order chi connectivity index (χ1) is 13.1. The van der Waals surface area contributed by atoms with E-state index >= 15 is 0 Å². The summed E-state index contributed by atoms with van der Waals surface area (Å²) in [6.07, 6.45) is 4.41. The molecule has 2 bridgehead atoms. The van der Waals surface area contributed by atoms with Crippen LogP contribution in [0.1, 0.15) is 25.7 Å². The molecule has 0 spiro atoms. The summed E-state index contributed by atoms with van der Waals surface area (Å²) in [4.78, 5) is 14.9. The highest BCUT2D eigenvalue weighted by molar-refractivity contribution is 6.30. The first-order valence-electron chi connectivity index (χ1n) is 9.61. The van der Waals surface area contributed by atoms with Gasteiger partial charge < -0.3 is 9.64 Å². The third-order valence-corrected chi connectivity index (χ3v) is 6.18. The van der Waals surface area contributed by atoms with Gasteiger partial charge in [-0.25, -0.2) is 4.79 Å². The fourth-order valence-electron chi connectivity index (χ4n) is 4.50. The number of benzene rings is 2. The molecule has 0 aromatic heterocycles. The Labute approximate surface area is 165 Å². The van der Waals surface area contributed by atoms with Gasteiger partial charge >= 0.3 is 6.09 Å². The minimum atomic E-state index is -0.393. The molecule has 2 aliphatic rings. The number of nitrogens with one attached hydrogen (secondary N) is 1. The first-order valence-corrected chi connectivity index (χ1v) is 9.98. The van der Waals surface area contributed by atoms with E-state index in [0.717, 1.165) is 29.7 Å². The third-order valence-electron chi connectivity index (χ3n) is 5.95. The highest BCUT2D eigenvalue weighted by atomic mass is 35.5. The van der Waals surface area contributed by atoms with E-state index < -0.39 is 6.09 Å². The summed E-state index contributed by atoms with van der Waals surface area (Å²) in [7, 11) is 2.22. The van der Waals surface area contributed by atoms with E-state index in [4.69, 9.17) is 16.3 Å². The zero-order valence-electron chi connectivity index (χ0n) is 15.5. The van der Waals surface area contributed by atoms with Gasteiger partial charge in [0.1, 0.15) is 0 Å². The standard InChI is InChI=1S/C22H25ClN2O2/c1-25-18-9-10-19(25)12-15(11-18)14-27-22(26)24-21-8-3-2-7-20(21)16-5-4-6-17(23)13-16/h2-8,13,15,18-19H,9-12,14H2,1H3,(H,24,26). The summed E-state index contributed by atoms with van der Waals surface area (Å²) < 4.78 is 5.57. The van der Waals surface area contributed by atoms with Crippen LogP contribution in [0.4, 0.5) is 10.5 Å². The lowest BCUT2D eigenvalue weighted by Crippen LogP contribution is -2.41. The van der Waals surface area contributed by atoms with E-state index in [1.807, 2.05) is 48.5 Å². The number of hydrogen-bond acceptors (Lipinski definition) is 3. The highest BCUT2D eigenvalue weighted by Crippen LogP contribution is 2.37. The second-order valence-corrected chi connectivity index (χ2v) is 8.10. The maximum atomic E-state index is 12.4. The Hall–Kier alpha value is -2.04. The number of amides is 1. The van der Waals surface area contributed by atoms with Gasteiger partial charge in [0.2, 0.25) is 0 Å². The van der Waals surface area contributed by atoms with Crippen molar-refractivity contribution in [1.82, 2.24) is 4.90 Å². The molecule has 2 fully saturated rings. The maximum Gasteiger partial charge on any atom is 0.411 e. The van der Waals surface area contributed by atoms with Crippen LogP contribution < -0.4 is 5.32 Å². The molecular weight excluding hydrogens is 360 g/mol. The molecule has 2 aromatic carbocycles. The summed E-state index contributed by atoms with van der Waals surface area (Å²) in [5.41, 5.74) is 2.62. The summed E-state index contributed by atoms with van der Waals surface area (Å²) in [6.45, 7) is 0.492. The van der Waals surface area contributed by atoms with Gasteiger partial charge in [-0.1, -0.05) is 41.9 Å². The largest absolute Gasteiger partial charge is 0.449 e. The van der Waals surface area contributed by atoms with Gasteiger partial charge in [0.15, 0.2) is 0 Å². The van der Waals surface area contributed by atoms with Gasteiger partial charge in [-0.3, -0.25) is 5.32 Å². The Morgan fingerprint density at radius 3 is 2.63 bits per heavy atom. The smallest absolute Gasteiger partial charge is 0.411 e. The fourth-order valence-corrected chi connectivity index (χ4v) is 4.69. The van der Waals surface area contributed by atoms with Crippen LogP contribution >= 0.6 is 11.6 Å². The predicted molar refractivity (Wildman–Crippen MR) is 109 cm³/mol. The van der Waals surface area contributed by atoms with E-state index in [1.165, 1.54) is 12.8 Å². The van der Waals surface area contributed by atoms with Crippen molar-refractivity contribution in [3.63, 3.8) is 0 Å². The SMILES string of the molecule is CN1C2CCC1CC(COC(=O)Nc1ccccc1-c1cccc(Cl)c1)C2. The third kappa shape index (κ3) is 4.12. The van der Waals surface area contributed by atoms with Gasteiger partial charge in [-0.2, -0.15) is 0 Å². The van der Waals surface area contributed by atoms with Crippen molar-refractivity contribution < 1.29 is 9.53 Å². The van der Waals surface area contributed by atoms with Crippen molar-refractivity contribution in [2.75, 3.05) is 19.0 Å². The molecule has 2 aliphatic heterocycles. The minimum Gasteiger partial charge on any atom is -0.449 e. The average Bonchev–Trinajstić information content (AvgIpc) is 2.88. The van der Waals surface area contributed by atoms with Crippen LogP contribution in [-0.4, -0.2) is 36.7 Å². The van der Waals surface area contributed by atoms with Crippen molar-refractivity contribution in [1.29, 1.82) is 0 Å². The van der Waals surface area contributed by atoms with E-state index in [1.54, 1.807) is 0 Å². The second kappa shape index (κ2) is 7.91. The molecule has 142 valence electrons. The van der Waals surface area contributed by atoms with Crippen LogP contribution in [0.2, 0.25) is 5.02 Å². The Morgan fingerprint density at radius 1 is 1.15 bits per heavy atom. The lowest BCUT2D eigenvalue weighted by Gasteiger charge is -2.35. The monoisotopic (exact) mass is 384 g/mol. The van der Waals surface area contributed by atoms with Crippen molar-refractivity contribution in [3.8, 4) is 11.1 Å². The summed E-state index contributed by atoms with van der Waals surface area (Å²) >= 11 is 6.11. The molecule has 2 unspecified atom stereocenters. The molecule has 5 heteroatoms. The van der Waals surface area contributed by atoms with Gasteiger partial charge in [0, 0.05) is 22.7 Å². The van der Waals surface area contributed by atoms with Crippen LogP contribution in [0, 0.1) is 5.92 Å². The number of halogens is 1. The summed E-state index contributed by atoms with van der Waals surface area (Å²) in [6, 6.07) is 16.6. The Balaban J connectivity index is 1.38. The van der Waals surface area contributed by atoms with Gasteiger partial charge in [-0.15, -0.1) is 0 Å². The molecule has 0 radical (unpaired) electrons. The number of carbonyl (C=O) groups excluding carboxylic acids is 1. The van der Waals surface area contributed by atoms with E-state index in [9.17, 15) is 4.79 Å². The van der Waals surface area contributed by atoms with Crippen molar-refractivity contribution in [3.05, 3.63) is 53.6 Å². The zero-order valence-corrected chi connectivity index (χ0v) is 16.3. The van der Waals surface area contributed by atoms with Crippen molar-refractivity contribution in [2.45, 2.75) is 37.8 Å². The number of carbonyl (C=O) groups is 1. The summed E-state index contributed by atoms with van der Waals surface area (Å²) in [5, 5.41) is 3.57.